The molecule has 3 N–H and O–H groups in total. The van der Waals surface area contributed by atoms with Crippen molar-refractivity contribution >= 4 is 11.9 Å². The second kappa shape index (κ2) is 8.61. The minimum absolute atomic E-state index is 0.0318. The fourth-order valence-electron chi connectivity index (χ4n) is 2.49. The second-order valence-electron chi connectivity index (χ2n) is 5.76. The molecule has 1 heterocycles. The molecule has 0 radical (unpaired) electrons. The Labute approximate surface area is 155 Å². The average Bonchev–Trinajstić information content (AvgIpc) is 3.21. The molecular weight excluding hydrogens is 349 g/mol. The van der Waals surface area contributed by atoms with Gasteiger partial charge in [-0.2, -0.15) is 0 Å². The van der Waals surface area contributed by atoms with E-state index in [1.54, 1.807) is 12.5 Å². The smallest absolute Gasteiger partial charge is 0.333 e. The summed E-state index contributed by atoms with van der Waals surface area (Å²) >= 11 is 0. The lowest BCUT2D eigenvalue weighted by Gasteiger charge is -2.12. The summed E-state index contributed by atoms with van der Waals surface area (Å²) in [6, 6.07) is 12.6. The topological polar surface area (TPSA) is 88.0 Å². The largest absolute Gasteiger partial charge is 0.333 e. The first-order chi connectivity index (χ1) is 13.1. The lowest BCUT2D eigenvalue weighted by Crippen LogP contribution is -2.47. The minimum Gasteiger partial charge on any atom is -0.333 e. The summed E-state index contributed by atoms with van der Waals surface area (Å²) in [6.45, 7) is 0.272. The predicted octanol–water partition coefficient (Wildman–Crippen LogP) is 2.08. The minimum atomic E-state index is -0.539. The van der Waals surface area contributed by atoms with Gasteiger partial charge in [0.25, 0.3) is 0 Å². The van der Waals surface area contributed by atoms with Gasteiger partial charge in [-0.1, -0.05) is 30.3 Å². The molecule has 0 aliphatic heterocycles. The predicted molar refractivity (Wildman–Crippen MR) is 97.2 cm³/mol. The lowest BCUT2D eigenvalue weighted by molar-refractivity contribution is -0.121. The Hall–Kier alpha value is -3.68. The zero-order valence-corrected chi connectivity index (χ0v) is 14.4. The van der Waals surface area contributed by atoms with Gasteiger partial charge in [0.1, 0.15) is 5.82 Å². The molecule has 0 saturated heterocycles. The van der Waals surface area contributed by atoms with Crippen LogP contribution in [0.4, 0.5) is 9.18 Å². The summed E-state index contributed by atoms with van der Waals surface area (Å²) in [5.41, 5.74) is 7.04. The summed E-state index contributed by atoms with van der Waals surface area (Å²) < 4.78 is 14.7. The standard InChI is InChI=1S/C19H18FN5O2/c20-16-7-5-14(6-8-16)11-18(26)23-24-19(27)22-12-15-3-1-2-4-17(15)25-10-9-21-13-25/h1-10,13H,11-12H2,(H,23,26)(H2,22,24,27). The maximum absolute atomic E-state index is 12.9. The molecule has 138 valence electrons. The Bertz CT molecular complexity index is 910. The van der Waals surface area contributed by atoms with E-state index in [0.717, 1.165) is 11.3 Å². The number of urea groups is 1. The summed E-state index contributed by atoms with van der Waals surface area (Å²) in [7, 11) is 0. The Morgan fingerprint density at radius 3 is 2.56 bits per heavy atom. The number of nitrogens with zero attached hydrogens (tertiary/aromatic N) is 2. The first-order valence-electron chi connectivity index (χ1n) is 8.25. The SMILES string of the molecule is O=C(Cc1ccc(F)cc1)NNC(=O)NCc1ccccc1-n1ccnc1. The van der Waals surface area contributed by atoms with Gasteiger partial charge in [0, 0.05) is 18.9 Å². The first-order valence-corrected chi connectivity index (χ1v) is 8.25. The van der Waals surface area contributed by atoms with E-state index in [2.05, 4.69) is 21.2 Å². The van der Waals surface area contributed by atoms with Crippen LogP contribution in [0.5, 0.6) is 0 Å². The molecule has 3 rings (SSSR count). The number of rotatable bonds is 5. The van der Waals surface area contributed by atoms with Crippen molar-refractivity contribution in [2.75, 3.05) is 0 Å². The molecule has 0 unspecified atom stereocenters. The van der Waals surface area contributed by atoms with E-state index in [1.807, 2.05) is 35.0 Å². The molecule has 27 heavy (non-hydrogen) atoms. The van der Waals surface area contributed by atoms with E-state index in [9.17, 15) is 14.0 Å². The molecule has 0 aliphatic rings. The van der Waals surface area contributed by atoms with Crippen molar-refractivity contribution in [2.45, 2.75) is 13.0 Å². The molecule has 0 bridgehead atoms. The van der Waals surface area contributed by atoms with Crippen molar-refractivity contribution in [2.24, 2.45) is 0 Å². The molecule has 0 saturated carbocycles. The maximum atomic E-state index is 12.9. The number of halogens is 1. The third-order valence-corrected chi connectivity index (χ3v) is 3.81. The van der Waals surface area contributed by atoms with E-state index in [4.69, 9.17) is 0 Å². The third-order valence-electron chi connectivity index (χ3n) is 3.81. The van der Waals surface area contributed by atoms with Crippen LogP contribution in [0.2, 0.25) is 0 Å². The second-order valence-corrected chi connectivity index (χ2v) is 5.76. The molecule has 2 aromatic carbocycles. The third kappa shape index (κ3) is 5.15. The van der Waals surface area contributed by atoms with E-state index in [0.29, 0.717) is 5.56 Å². The van der Waals surface area contributed by atoms with Gasteiger partial charge in [-0.15, -0.1) is 0 Å². The Balaban J connectivity index is 1.48. The van der Waals surface area contributed by atoms with Crippen molar-refractivity contribution in [1.29, 1.82) is 0 Å². The molecule has 3 aromatic rings. The number of para-hydroxylation sites is 1. The summed E-state index contributed by atoms with van der Waals surface area (Å²) in [5.74, 6) is -0.775. The fourth-order valence-corrected chi connectivity index (χ4v) is 2.49. The summed E-state index contributed by atoms with van der Waals surface area (Å²) in [4.78, 5) is 27.8. The van der Waals surface area contributed by atoms with Crippen molar-refractivity contribution in [3.63, 3.8) is 0 Å². The molecule has 0 spiro atoms. The number of carbonyl (C=O) groups excluding carboxylic acids is 2. The number of aromatic nitrogens is 2. The zero-order chi connectivity index (χ0) is 19.1. The van der Waals surface area contributed by atoms with Gasteiger partial charge >= 0.3 is 6.03 Å². The molecule has 1 aromatic heterocycles. The van der Waals surface area contributed by atoms with Crippen LogP contribution in [0.25, 0.3) is 5.69 Å². The summed E-state index contributed by atoms with van der Waals surface area (Å²) in [5, 5.41) is 2.68. The number of hydrogen-bond donors (Lipinski definition) is 3. The van der Waals surface area contributed by atoms with Crippen LogP contribution >= 0.6 is 0 Å². The van der Waals surface area contributed by atoms with Crippen LogP contribution in [0.3, 0.4) is 0 Å². The highest BCUT2D eigenvalue weighted by molar-refractivity contribution is 5.82. The number of imidazole rings is 1. The van der Waals surface area contributed by atoms with Crippen LogP contribution in [0.15, 0.2) is 67.3 Å². The summed E-state index contributed by atoms with van der Waals surface area (Å²) in [6.07, 6.45) is 5.20. The maximum Gasteiger partial charge on any atom is 0.333 e. The quantitative estimate of drug-likeness (QED) is 0.604. The number of amides is 3. The van der Waals surface area contributed by atoms with Gasteiger partial charge in [-0.05, 0) is 29.3 Å². The van der Waals surface area contributed by atoms with Crippen LogP contribution in [0.1, 0.15) is 11.1 Å². The first kappa shape index (κ1) is 18.1. The van der Waals surface area contributed by atoms with Crippen LogP contribution in [-0.4, -0.2) is 21.5 Å². The van der Waals surface area contributed by atoms with Crippen LogP contribution < -0.4 is 16.2 Å². The number of nitrogens with one attached hydrogen (secondary N) is 3. The highest BCUT2D eigenvalue weighted by Crippen LogP contribution is 2.13. The van der Waals surface area contributed by atoms with Crippen molar-refractivity contribution in [1.82, 2.24) is 25.7 Å². The number of hydrogen-bond acceptors (Lipinski definition) is 3. The Kier molecular flexibility index (Phi) is 5.78. The van der Waals surface area contributed by atoms with E-state index in [1.165, 1.54) is 24.3 Å². The molecule has 0 atom stereocenters. The van der Waals surface area contributed by atoms with Gasteiger partial charge in [0.2, 0.25) is 5.91 Å². The van der Waals surface area contributed by atoms with Crippen LogP contribution in [-0.2, 0) is 17.8 Å². The normalized spacial score (nSPS) is 10.3. The van der Waals surface area contributed by atoms with Gasteiger partial charge in [-0.3, -0.25) is 10.2 Å². The molecule has 8 heteroatoms. The lowest BCUT2D eigenvalue weighted by atomic mass is 10.1. The van der Waals surface area contributed by atoms with E-state index in [-0.39, 0.29) is 18.8 Å². The van der Waals surface area contributed by atoms with E-state index >= 15 is 0 Å². The van der Waals surface area contributed by atoms with Gasteiger partial charge in [0.15, 0.2) is 0 Å². The number of hydrazine groups is 1. The average molecular weight is 367 g/mol. The monoisotopic (exact) mass is 367 g/mol. The highest BCUT2D eigenvalue weighted by Gasteiger charge is 2.08. The van der Waals surface area contributed by atoms with E-state index < -0.39 is 11.9 Å². The van der Waals surface area contributed by atoms with Crippen molar-refractivity contribution in [3.05, 3.63) is 84.2 Å². The number of benzene rings is 2. The fraction of sp³-hybridized carbons (Fsp3) is 0.105. The van der Waals surface area contributed by atoms with Crippen molar-refractivity contribution < 1.29 is 14.0 Å². The van der Waals surface area contributed by atoms with Gasteiger partial charge in [-0.25, -0.2) is 19.6 Å². The van der Waals surface area contributed by atoms with Gasteiger partial charge in [0.05, 0.1) is 18.4 Å². The molecule has 3 amide bonds. The Morgan fingerprint density at radius 1 is 1.04 bits per heavy atom. The molecule has 7 nitrogen and oxygen atoms in total. The molecule has 0 aliphatic carbocycles. The Morgan fingerprint density at radius 2 is 1.81 bits per heavy atom. The molecular formula is C19H18FN5O2. The highest BCUT2D eigenvalue weighted by atomic mass is 19.1. The van der Waals surface area contributed by atoms with Gasteiger partial charge < -0.3 is 9.88 Å². The molecule has 0 fully saturated rings. The van der Waals surface area contributed by atoms with Crippen LogP contribution in [0, 0.1) is 5.82 Å². The zero-order valence-electron chi connectivity index (χ0n) is 14.4. The van der Waals surface area contributed by atoms with Crippen molar-refractivity contribution in [3.8, 4) is 5.69 Å². The number of carbonyl (C=O) groups is 2.